The number of hydrogen-bond acceptors (Lipinski definition) is 6. The first kappa shape index (κ1) is 32.7. The second-order valence-electron chi connectivity index (χ2n) is 12.0. The molecule has 0 N–H and O–H groups in total. The summed E-state index contributed by atoms with van der Waals surface area (Å²) < 4.78 is 5.78. The number of Topliss-reactive ketones (excluding diaryl/α,β-unsaturated/α-hetero) is 1. The number of carbonyl (C=O) groups excluding carboxylic acids is 4. The highest BCUT2D eigenvalue weighted by molar-refractivity contribution is 9.12. The van der Waals surface area contributed by atoms with Gasteiger partial charge in [0.1, 0.15) is 0 Å². The Labute approximate surface area is 302 Å². The van der Waals surface area contributed by atoms with Crippen LogP contribution in [0.2, 0.25) is 10.0 Å². The molecule has 7 rings (SSSR count). The molecule has 2 saturated carbocycles. The van der Waals surface area contributed by atoms with E-state index in [1.165, 1.54) is 4.90 Å². The van der Waals surface area contributed by atoms with Crippen LogP contribution in [-0.2, 0) is 14.3 Å². The van der Waals surface area contributed by atoms with E-state index in [9.17, 15) is 19.2 Å². The predicted octanol–water partition coefficient (Wildman–Crippen LogP) is 8.53. The summed E-state index contributed by atoms with van der Waals surface area (Å²) in [5, 5.41) is 1.26. The highest BCUT2D eigenvalue weighted by atomic mass is 79.9. The zero-order valence-corrected chi connectivity index (χ0v) is 29.9. The number of esters is 1. The van der Waals surface area contributed by atoms with Crippen LogP contribution < -0.4 is 4.90 Å². The van der Waals surface area contributed by atoms with E-state index in [0.29, 0.717) is 43.5 Å². The van der Waals surface area contributed by atoms with Gasteiger partial charge < -0.3 is 4.74 Å². The molecule has 7 unspecified atom stereocenters. The summed E-state index contributed by atoms with van der Waals surface area (Å²) in [7, 11) is 0. The predicted molar refractivity (Wildman–Crippen MR) is 189 cm³/mol. The average molecular weight is 820 g/mol. The average Bonchev–Trinajstić information content (AvgIpc) is 3.69. The van der Waals surface area contributed by atoms with E-state index in [1.54, 1.807) is 72.8 Å². The number of pyridine rings is 1. The zero-order valence-electron chi connectivity index (χ0n) is 24.4. The quantitative estimate of drug-likeness (QED) is 0.0767. The SMILES string of the molecule is O=C(OC(CCCl)C(=O)c1ccc(Cl)cc1)c1cc(-c2ccc(N3C(=O)C4C5CC(C(Br)C5Br)C4C3=O)cc2)nc2c(Cl)cccc12. The van der Waals surface area contributed by atoms with Crippen molar-refractivity contribution < 1.29 is 23.9 Å². The third kappa shape index (κ3) is 5.62. The largest absolute Gasteiger partial charge is 0.450 e. The normalized spacial score (nSPS) is 25.3. The van der Waals surface area contributed by atoms with Gasteiger partial charge in [0.05, 0.1) is 39.3 Å². The molecular formula is C35H25Br2Cl3N2O5. The lowest BCUT2D eigenvalue weighted by Gasteiger charge is -2.28. The fraction of sp³-hybridized carbons (Fsp3) is 0.286. The first-order valence-electron chi connectivity index (χ1n) is 15.0. The number of ketones is 1. The molecule has 2 aliphatic carbocycles. The van der Waals surface area contributed by atoms with Crippen molar-refractivity contribution in [2.45, 2.75) is 28.6 Å². The van der Waals surface area contributed by atoms with Crippen LogP contribution in [0, 0.1) is 23.7 Å². The molecule has 0 radical (unpaired) electrons. The van der Waals surface area contributed by atoms with Gasteiger partial charge in [0.2, 0.25) is 17.6 Å². The molecule has 4 aromatic rings. The summed E-state index contributed by atoms with van der Waals surface area (Å²) in [6.07, 6.45) is -0.165. The first-order valence-corrected chi connectivity index (χ1v) is 18.1. The van der Waals surface area contributed by atoms with Gasteiger partial charge in [-0.05, 0) is 66.8 Å². The maximum atomic E-state index is 13.7. The monoisotopic (exact) mass is 816 g/mol. The van der Waals surface area contributed by atoms with Crippen molar-refractivity contribution in [1.82, 2.24) is 4.98 Å². The summed E-state index contributed by atoms with van der Waals surface area (Å²) in [5.41, 5.74) is 2.41. The fourth-order valence-corrected chi connectivity index (χ4v) is 9.66. The van der Waals surface area contributed by atoms with Crippen molar-refractivity contribution in [3.8, 4) is 11.3 Å². The van der Waals surface area contributed by atoms with Crippen molar-refractivity contribution in [2.24, 2.45) is 23.7 Å². The van der Waals surface area contributed by atoms with Crippen molar-refractivity contribution >= 4 is 107 Å². The number of rotatable bonds is 8. The minimum Gasteiger partial charge on any atom is -0.450 e. The standard InChI is InChI=1S/C35H25Br2Cl3N2O5/c36-29-22-14-23(30(29)37)28-27(22)33(44)42(34(28)45)19-10-6-16(7-11-19)25-15-21(20-2-1-3-24(40)31(20)41-25)35(46)47-26(12-13-38)32(43)17-4-8-18(39)9-5-17/h1-11,15,22-23,26-30H,12-14H2. The third-order valence-corrected chi connectivity index (χ3v) is 13.4. The van der Waals surface area contributed by atoms with E-state index in [4.69, 9.17) is 44.5 Å². The lowest BCUT2D eigenvalue weighted by molar-refractivity contribution is -0.123. The van der Waals surface area contributed by atoms with Gasteiger partial charge in [0.15, 0.2) is 6.10 Å². The Morgan fingerprint density at radius 2 is 1.55 bits per heavy atom. The number of hydrogen-bond donors (Lipinski definition) is 0. The Kier molecular flexibility index (Phi) is 8.98. The van der Waals surface area contributed by atoms with Gasteiger partial charge in [-0.1, -0.05) is 79.3 Å². The van der Waals surface area contributed by atoms with E-state index in [0.717, 1.165) is 6.42 Å². The van der Waals surface area contributed by atoms with Gasteiger partial charge in [0.25, 0.3) is 0 Å². The maximum absolute atomic E-state index is 13.7. The van der Waals surface area contributed by atoms with E-state index in [1.807, 2.05) is 0 Å². The molecular weight excluding hydrogens is 795 g/mol. The van der Waals surface area contributed by atoms with Crippen LogP contribution in [-0.4, -0.2) is 50.2 Å². The number of benzene rings is 3. The Hall–Kier alpha value is -2.82. The summed E-state index contributed by atoms with van der Waals surface area (Å²) >= 11 is 26.0. The van der Waals surface area contributed by atoms with Crippen molar-refractivity contribution in [2.75, 3.05) is 10.8 Å². The molecule has 2 amide bonds. The molecule has 0 spiro atoms. The highest BCUT2D eigenvalue weighted by Gasteiger charge is 2.66. The Morgan fingerprint density at radius 1 is 0.915 bits per heavy atom. The first-order chi connectivity index (χ1) is 22.6. The molecule has 3 fully saturated rings. The molecule has 240 valence electrons. The molecule has 1 saturated heterocycles. The Morgan fingerprint density at radius 3 is 2.17 bits per heavy atom. The van der Waals surface area contributed by atoms with Crippen LogP contribution in [0.5, 0.6) is 0 Å². The second-order valence-corrected chi connectivity index (χ2v) is 15.3. The van der Waals surface area contributed by atoms with Crippen molar-refractivity contribution in [3.05, 3.63) is 94.0 Å². The lowest BCUT2D eigenvalue weighted by Crippen LogP contribution is -2.37. The number of carbonyl (C=O) groups is 4. The van der Waals surface area contributed by atoms with Crippen LogP contribution in [0.15, 0.2) is 72.8 Å². The number of nitrogens with zero attached hydrogens (tertiary/aromatic N) is 2. The zero-order chi connectivity index (χ0) is 33.1. The van der Waals surface area contributed by atoms with Crippen molar-refractivity contribution in [1.29, 1.82) is 0 Å². The summed E-state index contributed by atoms with van der Waals surface area (Å²) in [4.78, 5) is 60.4. The molecule has 2 heterocycles. The smallest absolute Gasteiger partial charge is 0.339 e. The van der Waals surface area contributed by atoms with E-state index in [2.05, 4.69) is 31.9 Å². The molecule has 12 heteroatoms. The number of halogens is 5. The van der Waals surface area contributed by atoms with Crippen LogP contribution in [0.4, 0.5) is 5.69 Å². The third-order valence-electron chi connectivity index (χ3n) is 9.46. The van der Waals surface area contributed by atoms with Crippen LogP contribution >= 0.6 is 66.7 Å². The van der Waals surface area contributed by atoms with Gasteiger partial charge in [-0.3, -0.25) is 19.3 Å². The van der Waals surface area contributed by atoms with Gasteiger partial charge in [-0.25, -0.2) is 9.78 Å². The van der Waals surface area contributed by atoms with E-state index >= 15 is 0 Å². The van der Waals surface area contributed by atoms with Crippen LogP contribution in [0.3, 0.4) is 0 Å². The number of alkyl halides is 3. The molecule has 2 bridgehead atoms. The molecule has 1 aromatic heterocycles. The minimum atomic E-state index is -1.13. The van der Waals surface area contributed by atoms with Crippen LogP contribution in [0.25, 0.3) is 22.2 Å². The highest BCUT2D eigenvalue weighted by Crippen LogP contribution is 2.60. The topological polar surface area (TPSA) is 93.6 Å². The maximum Gasteiger partial charge on any atom is 0.339 e. The van der Waals surface area contributed by atoms with Crippen LogP contribution in [0.1, 0.15) is 33.6 Å². The van der Waals surface area contributed by atoms with Crippen molar-refractivity contribution in [3.63, 3.8) is 0 Å². The second kappa shape index (κ2) is 12.9. The molecule has 1 aliphatic heterocycles. The minimum absolute atomic E-state index is 0.0933. The number of aromatic nitrogens is 1. The lowest BCUT2D eigenvalue weighted by atomic mass is 9.81. The Bertz CT molecular complexity index is 1910. The van der Waals surface area contributed by atoms with Gasteiger partial charge >= 0.3 is 5.97 Å². The number of anilines is 1. The Balaban J connectivity index is 1.19. The van der Waals surface area contributed by atoms with Gasteiger partial charge in [-0.2, -0.15) is 0 Å². The van der Waals surface area contributed by atoms with E-state index in [-0.39, 0.29) is 63.0 Å². The summed E-state index contributed by atoms with van der Waals surface area (Å²) in [6, 6.07) is 19.9. The number of fused-ring (bicyclic) bond motifs is 6. The fourth-order valence-electron chi connectivity index (χ4n) is 7.25. The van der Waals surface area contributed by atoms with Gasteiger partial charge in [-0.15, -0.1) is 11.6 Å². The number of ether oxygens (including phenoxy) is 1. The molecule has 3 aromatic carbocycles. The van der Waals surface area contributed by atoms with Gasteiger partial charge in [0, 0.05) is 43.5 Å². The summed E-state index contributed by atoms with van der Waals surface area (Å²) in [6.45, 7) is 0. The van der Waals surface area contributed by atoms with E-state index < -0.39 is 17.9 Å². The molecule has 3 aliphatic rings. The number of amides is 2. The summed E-state index contributed by atoms with van der Waals surface area (Å²) in [5.74, 6) is -1.78. The molecule has 47 heavy (non-hydrogen) atoms. The number of para-hydroxylation sites is 1. The number of imide groups is 1. The molecule has 7 atom stereocenters. The molecule has 7 nitrogen and oxygen atoms in total.